The Hall–Kier alpha value is -2.87. The fraction of sp³-hybridized carbons (Fsp3) is 0.125. The molecule has 0 atom stereocenters. The number of hydrogen-bond donors (Lipinski definition) is 2. The highest BCUT2D eigenvalue weighted by molar-refractivity contribution is 7.80. The smallest absolute Gasteiger partial charge is 0.273 e. The summed E-state index contributed by atoms with van der Waals surface area (Å²) in [7, 11) is 0. The number of nitrogens with zero attached hydrogens (tertiary/aromatic N) is 2. The van der Waals surface area contributed by atoms with Crippen LogP contribution in [0.4, 0.5) is 15.8 Å². The second kappa shape index (κ2) is 8.11. The summed E-state index contributed by atoms with van der Waals surface area (Å²) in [6.07, 6.45) is 2.02. The number of rotatable bonds is 5. The molecule has 0 unspecified atom stereocenters. The molecule has 124 valence electrons. The van der Waals surface area contributed by atoms with Gasteiger partial charge in [-0.1, -0.05) is 19.1 Å². The number of nitrogens with one attached hydrogen (secondary N) is 2. The zero-order valence-electron chi connectivity index (χ0n) is 12.8. The minimum atomic E-state index is -0.412. The quantitative estimate of drug-likeness (QED) is 0.374. The Labute approximate surface area is 143 Å². The van der Waals surface area contributed by atoms with E-state index < -0.39 is 4.92 Å². The summed E-state index contributed by atoms with van der Waals surface area (Å²) >= 11 is 5.05. The molecule has 0 fully saturated rings. The van der Waals surface area contributed by atoms with E-state index in [2.05, 4.69) is 15.8 Å². The topological polar surface area (TPSA) is 79.6 Å². The molecule has 0 heterocycles. The average Bonchev–Trinajstić information content (AvgIpc) is 2.56. The zero-order valence-corrected chi connectivity index (χ0v) is 13.6. The molecule has 0 radical (unpaired) electrons. The van der Waals surface area contributed by atoms with E-state index in [4.69, 9.17) is 12.2 Å². The molecule has 8 heteroatoms. The number of anilines is 1. The molecular weight excluding hydrogens is 331 g/mol. The molecule has 24 heavy (non-hydrogen) atoms. The van der Waals surface area contributed by atoms with E-state index in [1.165, 1.54) is 24.4 Å². The summed E-state index contributed by atoms with van der Waals surface area (Å²) in [6, 6.07) is 10.6. The lowest BCUT2D eigenvalue weighted by atomic mass is 10.1. The van der Waals surface area contributed by atoms with Crippen LogP contribution in [-0.2, 0) is 6.42 Å². The fourth-order valence-corrected chi connectivity index (χ4v) is 2.16. The van der Waals surface area contributed by atoms with Gasteiger partial charge in [0.2, 0.25) is 0 Å². The van der Waals surface area contributed by atoms with Crippen LogP contribution in [0.25, 0.3) is 0 Å². The molecule has 0 aliphatic heterocycles. The van der Waals surface area contributed by atoms with Crippen molar-refractivity contribution in [2.45, 2.75) is 13.3 Å². The van der Waals surface area contributed by atoms with Crippen molar-refractivity contribution < 1.29 is 9.31 Å². The van der Waals surface area contributed by atoms with Crippen LogP contribution < -0.4 is 10.7 Å². The molecule has 0 aliphatic rings. The molecule has 0 amide bonds. The van der Waals surface area contributed by atoms with Gasteiger partial charge in [-0.2, -0.15) is 5.10 Å². The number of aryl methyl sites for hydroxylation is 1. The van der Waals surface area contributed by atoms with Gasteiger partial charge in [0.25, 0.3) is 5.69 Å². The molecule has 2 rings (SSSR count). The monoisotopic (exact) mass is 346 g/mol. The third kappa shape index (κ3) is 4.82. The Morgan fingerprint density at radius 3 is 2.67 bits per heavy atom. The zero-order chi connectivity index (χ0) is 17.5. The van der Waals surface area contributed by atoms with Crippen molar-refractivity contribution in [2.75, 3.05) is 5.32 Å². The number of halogens is 1. The van der Waals surface area contributed by atoms with Crippen molar-refractivity contribution in [3.63, 3.8) is 0 Å². The Morgan fingerprint density at radius 1 is 1.33 bits per heavy atom. The van der Waals surface area contributed by atoms with Crippen molar-refractivity contribution in [1.82, 2.24) is 5.43 Å². The van der Waals surface area contributed by atoms with E-state index in [1.54, 1.807) is 24.3 Å². The van der Waals surface area contributed by atoms with Gasteiger partial charge in [-0.25, -0.2) is 4.39 Å². The van der Waals surface area contributed by atoms with E-state index in [0.29, 0.717) is 23.2 Å². The molecular formula is C16H15FN4O2S. The maximum atomic E-state index is 12.8. The van der Waals surface area contributed by atoms with Gasteiger partial charge in [0, 0.05) is 22.9 Å². The van der Waals surface area contributed by atoms with Crippen molar-refractivity contribution in [3.05, 3.63) is 69.5 Å². The normalized spacial score (nSPS) is 10.6. The first-order valence-electron chi connectivity index (χ1n) is 7.12. The third-order valence-corrected chi connectivity index (χ3v) is 3.36. The first-order valence-corrected chi connectivity index (χ1v) is 7.53. The third-order valence-electron chi connectivity index (χ3n) is 3.17. The number of thiocarbonyl (C=S) groups is 1. The lowest BCUT2D eigenvalue weighted by Gasteiger charge is -2.06. The van der Waals surface area contributed by atoms with Crippen LogP contribution in [0.5, 0.6) is 0 Å². The second-order valence-corrected chi connectivity index (χ2v) is 5.24. The number of nitro groups is 1. The number of hydrogen-bond acceptors (Lipinski definition) is 4. The van der Waals surface area contributed by atoms with Gasteiger partial charge >= 0.3 is 0 Å². The Balaban J connectivity index is 1.98. The summed E-state index contributed by atoms with van der Waals surface area (Å²) in [4.78, 5) is 10.6. The number of benzene rings is 2. The summed E-state index contributed by atoms with van der Waals surface area (Å²) in [5.74, 6) is -0.338. The maximum absolute atomic E-state index is 12.8. The van der Waals surface area contributed by atoms with Gasteiger partial charge in [-0.05, 0) is 42.9 Å². The van der Waals surface area contributed by atoms with Crippen LogP contribution in [0.3, 0.4) is 0 Å². The van der Waals surface area contributed by atoms with Crippen LogP contribution in [-0.4, -0.2) is 16.3 Å². The molecule has 0 saturated carbocycles. The second-order valence-electron chi connectivity index (χ2n) is 4.83. The molecule has 6 nitrogen and oxygen atoms in total. The van der Waals surface area contributed by atoms with Gasteiger partial charge in [0.05, 0.1) is 11.1 Å². The minimum absolute atomic E-state index is 0.0634. The summed E-state index contributed by atoms with van der Waals surface area (Å²) in [5, 5.41) is 18.0. The van der Waals surface area contributed by atoms with E-state index >= 15 is 0 Å². The highest BCUT2D eigenvalue weighted by Gasteiger charge is 2.12. The average molecular weight is 346 g/mol. The lowest BCUT2D eigenvalue weighted by Crippen LogP contribution is -2.23. The van der Waals surface area contributed by atoms with E-state index in [-0.39, 0.29) is 16.6 Å². The van der Waals surface area contributed by atoms with Crippen molar-refractivity contribution in [1.29, 1.82) is 0 Å². The Kier molecular flexibility index (Phi) is 5.91. The summed E-state index contributed by atoms with van der Waals surface area (Å²) in [5.41, 5.74) is 4.52. The van der Waals surface area contributed by atoms with Crippen molar-refractivity contribution in [3.8, 4) is 0 Å². The van der Waals surface area contributed by atoms with Gasteiger partial charge in [0.15, 0.2) is 5.11 Å². The highest BCUT2D eigenvalue weighted by atomic mass is 32.1. The molecule has 0 saturated heterocycles. The predicted octanol–water partition coefficient (Wildman–Crippen LogP) is 3.62. The molecule has 0 aromatic heterocycles. The standard InChI is InChI=1S/C16H15FN4O2S/c1-2-12-4-3-11(9-15(12)21(22)23)10-18-20-16(24)19-14-7-5-13(17)6-8-14/h3-10H,2H2,1H3,(H2,19,20,24)/b18-10-. The van der Waals surface area contributed by atoms with Crippen LogP contribution >= 0.6 is 12.2 Å². The van der Waals surface area contributed by atoms with Crippen LogP contribution in [0.2, 0.25) is 0 Å². The van der Waals surface area contributed by atoms with E-state index in [0.717, 1.165) is 0 Å². The lowest BCUT2D eigenvalue weighted by molar-refractivity contribution is -0.385. The van der Waals surface area contributed by atoms with Gasteiger partial charge < -0.3 is 5.32 Å². The maximum Gasteiger partial charge on any atom is 0.273 e. The van der Waals surface area contributed by atoms with Crippen molar-refractivity contribution >= 4 is 34.9 Å². The van der Waals surface area contributed by atoms with Crippen LogP contribution in [0.1, 0.15) is 18.1 Å². The van der Waals surface area contributed by atoms with Crippen LogP contribution in [0, 0.1) is 15.9 Å². The first-order chi connectivity index (χ1) is 11.5. The fourth-order valence-electron chi connectivity index (χ4n) is 1.99. The summed E-state index contributed by atoms with van der Waals surface area (Å²) in [6.45, 7) is 1.86. The van der Waals surface area contributed by atoms with Crippen LogP contribution in [0.15, 0.2) is 47.6 Å². The van der Waals surface area contributed by atoms with E-state index in [9.17, 15) is 14.5 Å². The molecule has 2 aromatic carbocycles. The summed E-state index contributed by atoms with van der Waals surface area (Å²) < 4.78 is 12.8. The minimum Gasteiger partial charge on any atom is -0.331 e. The SMILES string of the molecule is CCc1ccc(/C=N\NC(=S)Nc2ccc(F)cc2)cc1[N+](=O)[O-]. The van der Waals surface area contributed by atoms with E-state index in [1.807, 2.05) is 6.92 Å². The van der Waals surface area contributed by atoms with Gasteiger partial charge in [-0.3, -0.25) is 15.5 Å². The molecule has 0 aliphatic carbocycles. The number of nitro benzene ring substituents is 1. The predicted molar refractivity (Wildman–Crippen MR) is 95.8 cm³/mol. The van der Waals surface area contributed by atoms with Crippen molar-refractivity contribution in [2.24, 2.45) is 5.10 Å². The Bertz CT molecular complexity index is 778. The molecule has 2 N–H and O–H groups in total. The highest BCUT2D eigenvalue weighted by Crippen LogP contribution is 2.20. The van der Waals surface area contributed by atoms with Gasteiger partial charge in [0.1, 0.15) is 5.82 Å². The first kappa shape index (κ1) is 17.5. The number of hydrazone groups is 1. The Morgan fingerprint density at radius 2 is 2.04 bits per heavy atom. The van der Waals surface area contributed by atoms with Gasteiger partial charge in [-0.15, -0.1) is 0 Å². The largest absolute Gasteiger partial charge is 0.331 e. The molecule has 2 aromatic rings. The molecule has 0 spiro atoms. The molecule has 0 bridgehead atoms.